The van der Waals surface area contributed by atoms with Gasteiger partial charge in [-0.15, -0.1) is 0 Å². The van der Waals surface area contributed by atoms with Gasteiger partial charge in [0.15, 0.2) is 0 Å². The Labute approximate surface area is 84.4 Å². The van der Waals surface area contributed by atoms with Crippen LogP contribution in [0.25, 0.3) is 0 Å². The van der Waals surface area contributed by atoms with Gasteiger partial charge in [-0.3, -0.25) is 0 Å². The van der Waals surface area contributed by atoms with Crippen LogP contribution in [0.3, 0.4) is 0 Å². The number of aliphatic hydroxyl groups excluding tert-OH is 1. The van der Waals surface area contributed by atoms with Gasteiger partial charge in [0.1, 0.15) is 0 Å². The van der Waals surface area contributed by atoms with Gasteiger partial charge >= 0.3 is 0 Å². The van der Waals surface area contributed by atoms with E-state index >= 15 is 0 Å². The molecule has 0 amide bonds. The fourth-order valence-corrected chi connectivity index (χ4v) is 1.51. The molecular formula is C11H15ClO. The summed E-state index contributed by atoms with van der Waals surface area (Å²) in [7, 11) is 0. The molecule has 0 aliphatic heterocycles. The molecule has 0 aliphatic rings. The average Bonchev–Trinajstić information content (AvgIpc) is 2.02. The molecule has 0 radical (unpaired) electrons. The van der Waals surface area contributed by atoms with Gasteiger partial charge in [0.05, 0.1) is 6.61 Å². The molecule has 0 aromatic heterocycles. The van der Waals surface area contributed by atoms with Gasteiger partial charge in [-0.1, -0.05) is 31.5 Å². The van der Waals surface area contributed by atoms with E-state index in [-0.39, 0.29) is 12.0 Å². The van der Waals surface area contributed by atoms with Crippen LogP contribution in [0.4, 0.5) is 0 Å². The molecule has 72 valence electrons. The molecule has 0 bridgehead atoms. The van der Waals surface area contributed by atoms with Gasteiger partial charge in [0.25, 0.3) is 0 Å². The Hall–Kier alpha value is -0.530. The lowest BCUT2D eigenvalue weighted by atomic mass is 9.85. The lowest BCUT2D eigenvalue weighted by molar-refractivity contribution is 0.218. The predicted molar refractivity (Wildman–Crippen MR) is 56.3 cm³/mol. The van der Waals surface area contributed by atoms with Crippen LogP contribution in [0.15, 0.2) is 18.2 Å². The van der Waals surface area contributed by atoms with Crippen LogP contribution in [-0.2, 0) is 5.41 Å². The molecule has 1 N–H and O–H groups in total. The quantitative estimate of drug-likeness (QED) is 0.775. The predicted octanol–water partition coefficient (Wildman–Crippen LogP) is 2.92. The Morgan fingerprint density at radius 3 is 2.38 bits per heavy atom. The Morgan fingerprint density at radius 2 is 1.92 bits per heavy atom. The fraction of sp³-hybridized carbons (Fsp3) is 0.455. The number of benzene rings is 1. The minimum absolute atomic E-state index is 0.132. The van der Waals surface area contributed by atoms with Gasteiger partial charge in [-0.25, -0.2) is 0 Å². The van der Waals surface area contributed by atoms with Crippen LogP contribution in [0.1, 0.15) is 25.0 Å². The van der Waals surface area contributed by atoms with Crippen molar-refractivity contribution >= 4 is 11.6 Å². The van der Waals surface area contributed by atoms with E-state index < -0.39 is 0 Å². The maximum absolute atomic E-state index is 9.19. The summed E-state index contributed by atoms with van der Waals surface area (Å²) in [5, 5.41) is 9.92. The van der Waals surface area contributed by atoms with Gasteiger partial charge in [-0.2, -0.15) is 0 Å². The highest BCUT2D eigenvalue weighted by Gasteiger charge is 2.19. The number of halogens is 1. The van der Waals surface area contributed by atoms with Crippen LogP contribution < -0.4 is 0 Å². The minimum atomic E-state index is -0.213. The number of hydrogen-bond donors (Lipinski definition) is 1. The molecule has 13 heavy (non-hydrogen) atoms. The van der Waals surface area contributed by atoms with E-state index in [1.807, 2.05) is 32.9 Å². The van der Waals surface area contributed by atoms with Crippen molar-refractivity contribution in [1.82, 2.24) is 0 Å². The first-order valence-corrected chi connectivity index (χ1v) is 4.72. The molecule has 1 aromatic carbocycles. The summed E-state index contributed by atoms with van der Waals surface area (Å²) in [6, 6.07) is 5.88. The fourth-order valence-electron chi connectivity index (χ4n) is 1.22. The summed E-state index contributed by atoms with van der Waals surface area (Å²) in [6.07, 6.45) is 0. The lowest BCUT2D eigenvalue weighted by Crippen LogP contribution is -2.22. The molecule has 1 rings (SSSR count). The highest BCUT2D eigenvalue weighted by Crippen LogP contribution is 2.26. The maximum atomic E-state index is 9.19. The van der Waals surface area contributed by atoms with Gasteiger partial charge < -0.3 is 5.11 Å². The third-order valence-corrected chi connectivity index (χ3v) is 2.44. The summed E-state index contributed by atoms with van der Waals surface area (Å²) in [5.41, 5.74) is 2.00. The standard InChI is InChI=1S/C11H15ClO/c1-8-4-9(6-10(12)5-8)11(2,3)7-13/h4-6,13H,7H2,1-3H3. The molecular weight excluding hydrogens is 184 g/mol. The maximum Gasteiger partial charge on any atom is 0.0522 e. The molecule has 1 nitrogen and oxygen atoms in total. The summed E-state index contributed by atoms with van der Waals surface area (Å²) in [6.45, 7) is 6.13. The summed E-state index contributed by atoms with van der Waals surface area (Å²) < 4.78 is 0. The van der Waals surface area contributed by atoms with Crippen LogP contribution >= 0.6 is 11.6 Å². The number of hydrogen-bond acceptors (Lipinski definition) is 1. The van der Waals surface area contributed by atoms with Crippen LogP contribution in [0.5, 0.6) is 0 Å². The SMILES string of the molecule is Cc1cc(Cl)cc(C(C)(C)CO)c1. The summed E-state index contributed by atoms with van der Waals surface area (Å²) >= 11 is 5.93. The van der Waals surface area contributed by atoms with Gasteiger partial charge in [0.2, 0.25) is 0 Å². The minimum Gasteiger partial charge on any atom is -0.395 e. The largest absolute Gasteiger partial charge is 0.395 e. The van der Waals surface area contributed by atoms with E-state index in [0.29, 0.717) is 0 Å². The van der Waals surface area contributed by atoms with E-state index in [4.69, 9.17) is 11.6 Å². The van der Waals surface area contributed by atoms with Crippen molar-refractivity contribution in [2.45, 2.75) is 26.2 Å². The smallest absolute Gasteiger partial charge is 0.0522 e. The Morgan fingerprint density at radius 1 is 1.31 bits per heavy atom. The van der Waals surface area contributed by atoms with Crippen molar-refractivity contribution in [3.05, 3.63) is 34.3 Å². The monoisotopic (exact) mass is 198 g/mol. The zero-order valence-electron chi connectivity index (χ0n) is 8.26. The van der Waals surface area contributed by atoms with Crippen molar-refractivity contribution in [2.75, 3.05) is 6.61 Å². The molecule has 1 aromatic rings. The van der Waals surface area contributed by atoms with Crippen molar-refractivity contribution < 1.29 is 5.11 Å². The van der Waals surface area contributed by atoms with Crippen molar-refractivity contribution in [2.24, 2.45) is 0 Å². The first-order chi connectivity index (χ1) is 5.95. The molecule has 0 spiro atoms. The van der Waals surface area contributed by atoms with Crippen molar-refractivity contribution in [1.29, 1.82) is 0 Å². The molecule has 0 aliphatic carbocycles. The van der Waals surface area contributed by atoms with Crippen LogP contribution in [-0.4, -0.2) is 11.7 Å². The average molecular weight is 199 g/mol. The van der Waals surface area contributed by atoms with Crippen molar-refractivity contribution in [3.63, 3.8) is 0 Å². The van der Waals surface area contributed by atoms with Crippen LogP contribution in [0.2, 0.25) is 5.02 Å². The highest BCUT2D eigenvalue weighted by molar-refractivity contribution is 6.30. The molecule has 0 unspecified atom stereocenters. The summed E-state index contributed by atoms with van der Waals surface area (Å²) in [4.78, 5) is 0. The summed E-state index contributed by atoms with van der Waals surface area (Å²) in [5.74, 6) is 0. The topological polar surface area (TPSA) is 20.2 Å². The zero-order chi connectivity index (χ0) is 10.1. The van der Waals surface area contributed by atoms with E-state index in [9.17, 15) is 5.11 Å². The second-order valence-electron chi connectivity index (χ2n) is 4.06. The second-order valence-corrected chi connectivity index (χ2v) is 4.50. The molecule has 0 atom stereocenters. The van der Waals surface area contributed by atoms with E-state index in [1.165, 1.54) is 0 Å². The van der Waals surface area contributed by atoms with Gasteiger partial charge in [-0.05, 0) is 30.2 Å². The Bertz CT molecular complexity index is 285. The van der Waals surface area contributed by atoms with E-state index in [1.54, 1.807) is 0 Å². The molecule has 0 fully saturated rings. The normalized spacial score (nSPS) is 11.8. The number of aliphatic hydroxyl groups is 1. The highest BCUT2D eigenvalue weighted by atomic mass is 35.5. The lowest BCUT2D eigenvalue weighted by Gasteiger charge is -2.22. The van der Waals surface area contributed by atoms with Gasteiger partial charge in [0, 0.05) is 10.4 Å². The third kappa shape index (κ3) is 2.45. The van der Waals surface area contributed by atoms with E-state index in [0.717, 1.165) is 16.1 Å². The first kappa shape index (κ1) is 10.6. The zero-order valence-corrected chi connectivity index (χ0v) is 9.02. The third-order valence-electron chi connectivity index (χ3n) is 2.22. The van der Waals surface area contributed by atoms with Crippen LogP contribution in [0, 0.1) is 6.92 Å². The first-order valence-electron chi connectivity index (χ1n) is 4.34. The molecule has 0 heterocycles. The Kier molecular flexibility index (Phi) is 2.99. The number of aryl methyl sites for hydroxylation is 1. The molecule has 0 saturated heterocycles. The number of rotatable bonds is 2. The molecule has 0 saturated carbocycles. The second kappa shape index (κ2) is 3.69. The van der Waals surface area contributed by atoms with E-state index in [2.05, 4.69) is 6.07 Å². The van der Waals surface area contributed by atoms with Crippen molar-refractivity contribution in [3.8, 4) is 0 Å². The Balaban J connectivity index is 3.15. The molecule has 2 heteroatoms.